The first-order valence-electron chi connectivity index (χ1n) is 9.21. The number of carbonyl (C=O) groups excluding carboxylic acids is 2. The number of fused-ring (bicyclic) bond motifs is 1. The van der Waals surface area contributed by atoms with Crippen LogP contribution in [0.25, 0.3) is 0 Å². The molecule has 1 N–H and O–H groups in total. The first-order valence-corrected chi connectivity index (χ1v) is 10.0. The molecule has 2 saturated heterocycles. The van der Waals surface area contributed by atoms with Gasteiger partial charge in [-0.15, -0.1) is 0 Å². The molecule has 2 atom stereocenters. The number of nitrogens with zero attached hydrogens (tertiary/aromatic N) is 4. The van der Waals surface area contributed by atoms with Crippen molar-refractivity contribution in [2.24, 2.45) is 5.92 Å². The maximum absolute atomic E-state index is 13.0. The van der Waals surface area contributed by atoms with Gasteiger partial charge in [0.2, 0.25) is 5.91 Å². The largest absolute Gasteiger partial charge is 0.348 e. The summed E-state index contributed by atoms with van der Waals surface area (Å²) in [5.41, 5.74) is 2.31. The maximum Gasteiger partial charge on any atom is 0.255 e. The topological polar surface area (TPSA) is 82.2 Å². The lowest BCUT2D eigenvalue weighted by Gasteiger charge is -2.36. The first kappa shape index (κ1) is 18.2. The Morgan fingerprint density at radius 2 is 2.19 bits per heavy atom. The number of hydrogen-bond donors (Lipinski definition) is 1. The summed E-state index contributed by atoms with van der Waals surface area (Å²) in [5.74, 6) is 0.416. The van der Waals surface area contributed by atoms with Crippen LogP contribution in [0.15, 0.2) is 29.3 Å². The Hall–Kier alpha value is -2.22. The highest BCUT2D eigenvalue weighted by Gasteiger charge is 2.42. The van der Waals surface area contributed by atoms with E-state index in [1.165, 1.54) is 0 Å². The third kappa shape index (κ3) is 3.63. The standard InChI is InChI=1S/C19H22BrN5O2/c1-12-16(23-11-22-12)6-18(26)24-9-13-3-2-4-25(17(13)10-24)19(27)14-5-15(20)8-21-7-14/h5,7-8,11,13,17H,2-4,6,9-10H2,1H3,(H,22,23)/t13-,17+/m0/s1. The van der Waals surface area contributed by atoms with Crippen molar-refractivity contribution in [3.8, 4) is 0 Å². The molecular formula is C19H22BrN5O2. The third-order valence-electron chi connectivity index (χ3n) is 5.60. The molecule has 0 saturated carbocycles. The van der Waals surface area contributed by atoms with Crippen LogP contribution in [0.3, 0.4) is 0 Å². The average Bonchev–Trinajstić information content (AvgIpc) is 3.27. The van der Waals surface area contributed by atoms with Gasteiger partial charge in [0.1, 0.15) is 0 Å². The summed E-state index contributed by atoms with van der Waals surface area (Å²) in [6.45, 7) is 3.96. The molecule has 7 nitrogen and oxygen atoms in total. The fourth-order valence-corrected chi connectivity index (χ4v) is 4.52. The Bertz CT molecular complexity index is 867. The summed E-state index contributed by atoms with van der Waals surface area (Å²) in [4.78, 5) is 41.0. The minimum absolute atomic E-state index is 0.00375. The number of aryl methyl sites for hydroxylation is 1. The number of pyridine rings is 1. The van der Waals surface area contributed by atoms with Gasteiger partial charge >= 0.3 is 0 Å². The number of rotatable bonds is 3. The number of halogens is 1. The van der Waals surface area contributed by atoms with Crippen LogP contribution < -0.4 is 0 Å². The highest BCUT2D eigenvalue weighted by atomic mass is 79.9. The van der Waals surface area contributed by atoms with E-state index in [-0.39, 0.29) is 17.9 Å². The van der Waals surface area contributed by atoms with Crippen molar-refractivity contribution in [1.82, 2.24) is 24.8 Å². The minimum Gasteiger partial charge on any atom is -0.348 e. The molecule has 2 aliphatic heterocycles. The number of nitrogens with one attached hydrogen (secondary N) is 1. The normalized spacial score (nSPS) is 22.0. The number of piperidine rings is 1. The van der Waals surface area contributed by atoms with E-state index < -0.39 is 0 Å². The predicted octanol–water partition coefficient (Wildman–Crippen LogP) is 2.18. The number of aromatic amines is 1. The lowest BCUT2D eigenvalue weighted by atomic mass is 9.91. The summed E-state index contributed by atoms with van der Waals surface area (Å²) < 4.78 is 0.791. The molecule has 2 fully saturated rings. The quantitative estimate of drug-likeness (QED) is 0.806. The van der Waals surface area contributed by atoms with E-state index in [4.69, 9.17) is 0 Å². The lowest BCUT2D eigenvalue weighted by Crippen LogP contribution is -2.48. The third-order valence-corrected chi connectivity index (χ3v) is 6.03. The maximum atomic E-state index is 13.0. The van der Waals surface area contributed by atoms with Crippen molar-refractivity contribution in [3.05, 3.63) is 46.2 Å². The molecule has 142 valence electrons. The molecule has 0 unspecified atom stereocenters. The zero-order chi connectivity index (χ0) is 19.0. The van der Waals surface area contributed by atoms with Crippen molar-refractivity contribution in [3.63, 3.8) is 0 Å². The van der Waals surface area contributed by atoms with Crippen LogP contribution >= 0.6 is 15.9 Å². The number of amides is 2. The molecule has 0 aliphatic carbocycles. The van der Waals surface area contributed by atoms with Crippen molar-refractivity contribution in [2.45, 2.75) is 32.2 Å². The Morgan fingerprint density at radius 1 is 1.33 bits per heavy atom. The van der Waals surface area contributed by atoms with E-state index in [1.807, 2.05) is 16.7 Å². The van der Waals surface area contributed by atoms with Gasteiger partial charge in [-0.05, 0) is 47.7 Å². The summed E-state index contributed by atoms with van der Waals surface area (Å²) >= 11 is 3.38. The van der Waals surface area contributed by atoms with Gasteiger partial charge < -0.3 is 14.8 Å². The molecule has 0 radical (unpaired) electrons. The van der Waals surface area contributed by atoms with Crippen LogP contribution in [0.1, 0.15) is 34.6 Å². The van der Waals surface area contributed by atoms with Gasteiger partial charge in [0, 0.05) is 42.2 Å². The van der Waals surface area contributed by atoms with Gasteiger partial charge in [-0.25, -0.2) is 4.98 Å². The Balaban J connectivity index is 1.47. The molecule has 2 aliphatic rings. The molecule has 0 spiro atoms. The highest BCUT2D eigenvalue weighted by molar-refractivity contribution is 9.10. The summed E-state index contributed by atoms with van der Waals surface area (Å²) in [6, 6.07) is 1.88. The SMILES string of the molecule is Cc1[nH]cnc1CC(=O)N1C[C@@H]2CCCN(C(=O)c3cncc(Br)c3)[C@@H]2C1. The number of hydrogen-bond acceptors (Lipinski definition) is 4. The smallest absolute Gasteiger partial charge is 0.255 e. The number of H-pyrrole nitrogens is 1. The Morgan fingerprint density at radius 3 is 2.93 bits per heavy atom. The van der Waals surface area contributed by atoms with Crippen LogP contribution in [-0.4, -0.2) is 62.2 Å². The van der Waals surface area contributed by atoms with Gasteiger partial charge in [0.05, 0.1) is 30.0 Å². The average molecular weight is 432 g/mol. The Labute approximate surface area is 166 Å². The van der Waals surface area contributed by atoms with Crippen molar-refractivity contribution < 1.29 is 9.59 Å². The number of likely N-dealkylation sites (tertiary alicyclic amines) is 2. The second-order valence-corrected chi connectivity index (χ2v) is 8.23. The molecule has 8 heteroatoms. The predicted molar refractivity (Wildman–Crippen MR) is 103 cm³/mol. The van der Waals surface area contributed by atoms with E-state index in [9.17, 15) is 9.59 Å². The van der Waals surface area contributed by atoms with Crippen LogP contribution in [0.4, 0.5) is 0 Å². The second-order valence-electron chi connectivity index (χ2n) is 7.31. The molecule has 2 aromatic heterocycles. The van der Waals surface area contributed by atoms with Crippen LogP contribution in [0.5, 0.6) is 0 Å². The van der Waals surface area contributed by atoms with E-state index >= 15 is 0 Å². The number of imidazole rings is 1. The van der Waals surface area contributed by atoms with Gasteiger partial charge in [0.15, 0.2) is 0 Å². The monoisotopic (exact) mass is 431 g/mol. The molecule has 2 amide bonds. The van der Waals surface area contributed by atoms with E-state index in [0.717, 1.165) is 35.2 Å². The highest BCUT2D eigenvalue weighted by Crippen LogP contribution is 2.32. The van der Waals surface area contributed by atoms with Crippen molar-refractivity contribution >= 4 is 27.7 Å². The first-order chi connectivity index (χ1) is 13.0. The van der Waals surface area contributed by atoms with Gasteiger partial charge in [-0.3, -0.25) is 14.6 Å². The fourth-order valence-electron chi connectivity index (χ4n) is 4.15. The number of aromatic nitrogens is 3. The van der Waals surface area contributed by atoms with Crippen LogP contribution in [0.2, 0.25) is 0 Å². The molecule has 0 aromatic carbocycles. The molecule has 4 heterocycles. The van der Waals surface area contributed by atoms with E-state index in [1.54, 1.807) is 24.8 Å². The lowest BCUT2D eigenvalue weighted by molar-refractivity contribution is -0.129. The van der Waals surface area contributed by atoms with Gasteiger partial charge in [-0.2, -0.15) is 0 Å². The van der Waals surface area contributed by atoms with Crippen LogP contribution in [-0.2, 0) is 11.2 Å². The number of carbonyl (C=O) groups is 2. The van der Waals surface area contributed by atoms with Gasteiger partial charge in [-0.1, -0.05) is 0 Å². The van der Waals surface area contributed by atoms with Crippen molar-refractivity contribution in [2.75, 3.05) is 19.6 Å². The Kier molecular flexibility index (Phi) is 4.99. The van der Waals surface area contributed by atoms with E-state index in [0.29, 0.717) is 31.0 Å². The second kappa shape index (κ2) is 7.42. The molecular weight excluding hydrogens is 410 g/mol. The zero-order valence-electron chi connectivity index (χ0n) is 15.2. The van der Waals surface area contributed by atoms with Gasteiger partial charge in [0.25, 0.3) is 5.91 Å². The minimum atomic E-state index is -0.00375. The summed E-state index contributed by atoms with van der Waals surface area (Å²) in [7, 11) is 0. The molecule has 27 heavy (non-hydrogen) atoms. The molecule has 2 aromatic rings. The van der Waals surface area contributed by atoms with E-state index in [2.05, 4.69) is 30.9 Å². The summed E-state index contributed by atoms with van der Waals surface area (Å²) in [6.07, 6.45) is 7.22. The fraction of sp³-hybridized carbons (Fsp3) is 0.474. The zero-order valence-corrected chi connectivity index (χ0v) is 16.8. The van der Waals surface area contributed by atoms with Crippen LogP contribution in [0, 0.1) is 12.8 Å². The molecule has 0 bridgehead atoms. The molecule has 4 rings (SSSR count). The summed E-state index contributed by atoms with van der Waals surface area (Å²) in [5, 5.41) is 0. The van der Waals surface area contributed by atoms with Crippen molar-refractivity contribution in [1.29, 1.82) is 0 Å².